The van der Waals surface area contributed by atoms with E-state index in [1.807, 2.05) is 12.1 Å². The maximum Gasteiger partial charge on any atom is 0.249 e. The molecule has 40 heavy (non-hydrogen) atoms. The van der Waals surface area contributed by atoms with Gasteiger partial charge in [0.05, 0.1) is 30.9 Å². The smallest absolute Gasteiger partial charge is 0.249 e. The standard InChI is InChI=1S/C29H37N5O5S/c1-21-14-26(38-3)15-22(2)29(21)40(36,37)34-11-5-4-6-25(34)19-39-20-28(35)33-13-12-32-17-24(31-27(32)18-33)16-23-7-9-30-10-8-23/h7-10,14-15,17,25H,4-6,11-13,16,18-20H2,1-3H3. The molecule has 0 aliphatic carbocycles. The third-order valence-corrected chi connectivity index (χ3v) is 9.94. The molecule has 10 nitrogen and oxygen atoms in total. The number of fused-ring (bicyclic) bond motifs is 1. The number of imidazole rings is 1. The zero-order valence-electron chi connectivity index (χ0n) is 23.4. The van der Waals surface area contributed by atoms with E-state index in [0.29, 0.717) is 54.4 Å². The number of rotatable bonds is 9. The van der Waals surface area contributed by atoms with Crippen LogP contribution in [0.3, 0.4) is 0 Å². The quantitative estimate of drug-likeness (QED) is 0.391. The number of hydrogen-bond acceptors (Lipinski definition) is 7. The van der Waals surface area contributed by atoms with E-state index in [0.717, 1.165) is 36.3 Å². The van der Waals surface area contributed by atoms with Crippen LogP contribution < -0.4 is 4.74 Å². The van der Waals surface area contributed by atoms with Crippen molar-refractivity contribution < 1.29 is 22.7 Å². The number of sulfonamides is 1. The highest BCUT2D eigenvalue weighted by molar-refractivity contribution is 7.89. The first-order valence-electron chi connectivity index (χ1n) is 13.7. The molecule has 4 heterocycles. The zero-order valence-corrected chi connectivity index (χ0v) is 24.2. The van der Waals surface area contributed by atoms with E-state index < -0.39 is 10.0 Å². The van der Waals surface area contributed by atoms with E-state index in [1.165, 1.54) is 0 Å². The summed E-state index contributed by atoms with van der Waals surface area (Å²) >= 11 is 0. The lowest BCUT2D eigenvalue weighted by atomic mass is 10.1. The minimum atomic E-state index is -3.73. The number of carbonyl (C=O) groups excluding carboxylic acids is 1. The summed E-state index contributed by atoms with van der Waals surface area (Å²) in [4.78, 5) is 23.9. The zero-order chi connectivity index (χ0) is 28.3. The minimum Gasteiger partial charge on any atom is -0.497 e. The summed E-state index contributed by atoms with van der Waals surface area (Å²) in [6.45, 7) is 5.81. The molecule has 2 aliphatic rings. The molecule has 0 radical (unpaired) electrons. The monoisotopic (exact) mass is 567 g/mol. The topological polar surface area (TPSA) is 107 Å². The Kier molecular flexibility index (Phi) is 8.53. The highest BCUT2D eigenvalue weighted by Gasteiger charge is 2.36. The maximum absolute atomic E-state index is 13.8. The third-order valence-electron chi connectivity index (χ3n) is 7.68. The van der Waals surface area contributed by atoms with Crippen molar-refractivity contribution in [2.24, 2.45) is 0 Å². The molecule has 2 aromatic heterocycles. The van der Waals surface area contributed by atoms with E-state index in [4.69, 9.17) is 14.5 Å². The summed E-state index contributed by atoms with van der Waals surface area (Å²) < 4.78 is 42.4. The predicted molar refractivity (Wildman–Crippen MR) is 150 cm³/mol. The number of nitrogens with zero attached hydrogens (tertiary/aromatic N) is 5. The van der Waals surface area contributed by atoms with E-state index in [-0.39, 0.29) is 25.2 Å². The van der Waals surface area contributed by atoms with Gasteiger partial charge in [-0.3, -0.25) is 9.78 Å². The molecule has 1 aromatic carbocycles. The molecule has 0 bridgehead atoms. The van der Waals surface area contributed by atoms with Gasteiger partial charge in [0.25, 0.3) is 0 Å². The van der Waals surface area contributed by atoms with Gasteiger partial charge in [0.15, 0.2) is 0 Å². The molecule has 1 amide bonds. The molecule has 0 saturated carbocycles. The second-order valence-corrected chi connectivity index (χ2v) is 12.4. The van der Waals surface area contributed by atoms with E-state index in [2.05, 4.69) is 15.7 Å². The Labute approximate surface area is 236 Å². The van der Waals surface area contributed by atoms with Gasteiger partial charge in [0.2, 0.25) is 15.9 Å². The van der Waals surface area contributed by atoms with Crippen molar-refractivity contribution in [3.8, 4) is 5.75 Å². The Morgan fingerprint density at radius 3 is 2.55 bits per heavy atom. The Morgan fingerprint density at radius 2 is 1.82 bits per heavy atom. The van der Waals surface area contributed by atoms with Crippen molar-refractivity contribution in [1.29, 1.82) is 0 Å². The van der Waals surface area contributed by atoms with Gasteiger partial charge in [0, 0.05) is 50.7 Å². The lowest BCUT2D eigenvalue weighted by molar-refractivity contribution is -0.138. The summed E-state index contributed by atoms with van der Waals surface area (Å²) in [6, 6.07) is 7.14. The van der Waals surface area contributed by atoms with Crippen LogP contribution in [-0.2, 0) is 39.1 Å². The predicted octanol–water partition coefficient (Wildman–Crippen LogP) is 3.10. The molecule has 0 spiro atoms. The number of amides is 1. The van der Waals surface area contributed by atoms with Crippen LogP contribution in [0.2, 0.25) is 0 Å². The van der Waals surface area contributed by atoms with Crippen LogP contribution in [0.25, 0.3) is 0 Å². The van der Waals surface area contributed by atoms with Gasteiger partial charge in [-0.2, -0.15) is 4.31 Å². The number of carbonyl (C=O) groups is 1. The SMILES string of the molecule is COc1cc(C)c(S(=O)(=O)N2CCCCC2COCC(=O)N2CCn3cc(Cc4ccncc4)nc3C2)c(C)c1. The fourth-order valence-corrected chi connectivity index (χ4v) is 7.80. The maximum atomic E-state index is 13.8. The van der Waals surface area contributed by atoms with Crippen LogP contribution in [-0.4, -0.2) is 77.5 Å². The number of aryl methyl sites for hydroxylation is 2. The fraction of sp³-hybridized carbons (Fsp3) is 0.483. The van der Waals surface area contributed by atoms with Gasteiger partial charge in [-0.15, -0.1) is 0 Å². The Balaban J connectivity index is 1.19. The Bertz CT molecular complexity index is 1430. The number of ether oxygens (including phenoxy) is 2. The highest BCUT2D eigenvalue weighted by Crippen LogP contribution is 2.32. The molecule has 1 atom stereocenters. The van der Waals surface area contributed by atoms with Gasteiger partial charge in [-0.1, -0.05) is 6.42 Å². The highest BCUT2D eigenvalue weighted by atomic mass is 32.2. The van der Waals surface area contributed by atoms with Crippen molar-refractivity contribution in [3.63, 3.8) is 0 Å². The van der Waals surface area contributed by atoms with Gasteiger partial charge in [0.1, 0.15) is 18.2 Å². The van der Waals surface area contributed by atoms with Gasteiger partial charge in [-0.05, 0) is 67.6 Å². The molecule has 5 rings (SSSR count). The lowest BCUT2D eigenvalue weighted by Crippen LogP contribution is -2.47. The van der Waals surface area contributed by atoms with Crippen LogP contribution in [0.1, 0.15) is 47.5 Å². The van der Waals surface area contributed by atoms with Crippen molar-refractivity contribution in [2.75, 3.05) is 33.4 Å². The van der Waals surface area contributed by atoms with Crippen molar-refractivity contribution in [1.82, 2.24) is 23.7 Å². The van der Waals surface area contributed by atoms with Crippen LogP contribution in [0.15, 0.2) is 47.8 Å². The molecule has 3 aromatic rings. The lowest BCUT2D eigenvalue weighted by Gasteiger charge is -2.35. The Hall–Kier alpha value is -3.28. The normalized spacial score (nSPS) is 18.0. The first-order valence-corrected chi connectivity index (χ1v) is 15.2. The number of aromatic nitrogens is 3. The van der Waals surface area contributed by atoms with Crippen molar-refractivity contribution in [3.05, 3.63) is 71.1 Å². The first-order chi connectivity index (χ1) is 19.3. The summed E-state index contributed by atoms with van der Waals surface area (Å²) in [7, 11) is -2.16. The minimum absolute atomic E-state index is 0.0877. The third kappa shape index (κ3) is 6.06. The second-order valence-electron chi connectivity index (χ2n) is 10.6. The van der Waals surface area contributed by atoms with Crippen molar-refractivity contribution in [2.45, 2.75) is 63.6 Å². The summed E-state index contributed by atoms with van der Waals surface area (Å²) in [6.07, 6.45) is 8.73. The average molecular weight is 568 g/mol. The van der Waals surface area contributed by atoms with Crippen LogP contribution >= 0.6 is 0 Å². The number of methoxy groups -OCH3 is 1. The number of pyridine rings is 1. The number of hydrogen-bond donors (Lipinski definition) is 0. The molecule has 214 valence electrons. The molecule has 2 aliphatic heterocycles. The fourth-order valence-electron chi connectivity index (χ4n) is 5.70. The summed E-state index contributed by atoms with van der Waals surface area (Å²) in [5.74, 6) is 1.38. The average Bonchev–Trinajstić information content (AvgIpc) is 3.34. The molecule has 1 saturated heterocycles. The summed E-state index contributed by atoms with van der Waals surface area (Å²) in [5.41, 5.74) is 3.42. The molecule has 0 N–H and O–H groups in total. The van der Waals surface area contributed by atoms with E-state index >= 15 is 0 Å². The number of piperidine rings is 1. The van der Waals surface area contributed by atoms with Gasteiger partial charge in [-0.25, -0.2) is 13.4 Å². The van der Waals surface area contributed by atoms with Gasteiger partial charge < -0.3 is 18.9 Å². The molecule has 11 heteroatoms. The van der Waals surface area contributed by atoms with E-state index in [1.54, 1.807) is 54.7 Å². The van der Waals surface area contributed by atoms with Crippen molar-refractivity contribution >= 4 is 15.9 Å². The van der Waals surface area contributed by atoms with Crippen LogP contribution in [0.4, 0.5) is 0 Å². The van der Waals surface area contributed by atoms with Crippen LogP contribution in [0, 0.1) is 13.8 Å². The molecule has 1 fully saturated rings. The molecular formula is C29H37N5O5S. The summed E-state index contributed by atoms with van der Waals surface area (Å²) in [5, 5.41) is 0. The van der Waals surface area contributed by atoms with E-state index in [9.17, 15) is 13.2 Å². The molecule has 1 unspecified atom stereocenters. The van der Waals surface area contributed by atoms with Gasteiger partial charge >= 0.3 is 0 Å². The van der Waals surface area contributed by atoms with Crippen LogP contribution in [0.5, 0.6) is 5.75 Å². The second kappa shape index (κ2) is 12.1. The first kappa shape index (κ1) is 28.3. The Morgan fingerprint density at radius 1 is 1.07 bits per heavy atom. The largest absolute Gasteiger partial charge is 0.497 e. The number of benzene rings is 1. The molecular weight excluding hydrogens is 530 g/mol.